The quantitative estimate of drug-likeness (QED) is 0.653. The Morgan fingerprint density at radius 3 is 2.46 bits per heavy atom. The fourth-order valence-corrected chi connectivity index (χ4v) is 3.11. The summed E-state index contributed by atoms with van der Waals surface area (Å²) < 4.78 is 28.4. The highest BCUT2D eigenvalue weighted by molar-refractivity contribution is 6.61. The van der Waals surface area contributed by atoms with Crippen LogP contribution in [0.25, 0.3) is 0 Å². The van der Waals surface area contributed by atoms with Gasteiger partial charge in [0.05, 0.1) is 18.2 Å². The lowest BCUT2D eigenvalue weighted by atomic mass is 9.76. The first-order chi connectivity index (χ1) is 13.7. The first kappa shape index (κ1) is 20.4. The number of nitriles is 1. The fourth-order valence-electron chi connectivity index (χ4n) is 3.11. The standard InChI is InChI=1S/C21H24BNO5/c1-24-22(25-2)20-11-10-19(28-18-8-6-16(14-23)7-9-18)13-17(20)15-27-21-5-3-4-12-26-21/h6-11,13,21H,3-5,12,15H2,1-2H3. The van der Waals surface area contributed by atoms with Gasteiger partial charge in [0.15, 0.2) is 6.29 Å². The van der Waals surface area contributed by atoms with Gasteiger partial charge in [-0.2, -0.15) is 5.26 Å². The molecule has 0 aromatic heterocycles. The van der Waals surface area contributed by atoms with Crippen molar-refractivity contribution in [3.8, 4) is 17.6 Å². The van der Waals surface area contributed by atoms with E-state index in [4.69, 9.17) is 28.8 Å². The normalized spacial score (nSPS) is 16.4. The van der Waals surface area contributed by atoms with Gasteiger partial charge in [-0.05, 0) is 66.7 Å². The lowest BCUT2D eigenvalue weighted by molar-refractivity contribution is -0.168. The predicted octanol–water partition coefficient (Wildman–Crippen LogP) is 3.38. The Kier molecular flexibility index (Phi) is 7.46. The Balaban J connectivity index is 1.78. The van der Waals surface area contributed by atoms with Crippen molar-refractivity contribution in [2.24, 2.45) is 0 Å². The smallest absolute Gasteiger partial charge is 0.457 e. The van der Waals surface area contributed by atoms with Crippen LogP contribution < -0.4 is 10.2 Å². The molecule has 1 aliphatic heterocycles. The maximum atomic E-state index is 8.91. The molecule has 0 N–H and O–H groups in total. The summed E-state index contributed by atoms with van der Waals surface area (Å²) in [5.74, 6) is 1.33. The second-order valence-electron chi connectivity index (χ2n) is 6.51. The van der Waals surface area contributed by atoms with Gasteiger partial charge in [0, 0.05) is 20.8 Å². The van der Waals surface area contributed by atoms with Crippen LogP contribution in [0.4, 0.5) is 0 Å². The Bertz CT molecular complexity index is 795. The van der Waals surface area contributed by atoms with Crippen molar-refractivity contribution >= 4 is 12.6 Å². The number of hydrogen-bond donors (Lipinski definition) is 0. The summed E-state index contributed by atoms with van der Waals surface area (Å²) in [5.41, 5.74) is 2.38. The number of benzene rings is 2. The van der Waals surface area contributed by atoms with E-state index in [0.29, 0.717) is 23.7 Å². The zero-order valence-corrected chi connectivity index (χ0v) is 16.2. The summed E-state index contributed by atoms with van der Waals surface area (Å²) in [6, 6.07) is 14.8. The lowest BCUT2D eigenvalue weighted by Gasteiger charge is -2.24. The molecule has 146 valence electrons. The molecule has 1 aliphatic rings. The molecule has 1 atom stereocenters. The number of ether oxygens (including phenoxy) is 3. The van der Waals surface area contributed by atoms with E-state index in [1.807, 2.05) is 18.2 Å². The van der Waals surface area contributed by atoms with Crippen molar-refractivity contribution in [2.75, 3.05) is 20.8 Å². The molecule has 2 aromatic carbocycles. The molecule has 0 radical (unpaired) electrons. The lowest BCUT2D eigenvalue weighted by Crippen LogP contribution is -2.38. The zero-order chi connectivity index (χ0) is 19.8. The second kappa shape index (κ2) is 10.3. The van der Waals surface area contributed by atoms with Crippen molar-refractivity contribution in [2.45, 2.75) is 32.2 Å². The first-order valence-electron chi connectivity index (χ1n) is 9.33. The fraction of sp³-hybridized carbons (Fsp3) is 0.381. The van der Waals surface area contributed by atoms with Crippen molar-refractivity contribution < 1.29 is 23.5 Å². The van der Waals surface area contributed by atoms with Crippen molar-refractivity contribution in [1.29, 1.82) is 5.26 Å². The molecule has 7 heteroatoms. The molecule has 2 aromatic rings. The Labute approximate surface area is 166 Å². The molecule has 6 nitrogen and oxygen atoms in total. The first-order valence-corrected chi connectivity index (χ1v) is 9.33. The van der Waals surface area contributed by atoms with Gasteiger partial charge in [-0.25, -0.2) is 0 Å². The summed E-state index contributed by atoms with van der Waals surface area (Å²) in [4.78, 5) is 0. The van der Waals surface area contributed by atoms with Crippen LogP contribution in [0.15, 0.2) is 42.5 Å². The van der Waals surface area contributed by atoms with Gasteiger partial charge in [-0.3, -0.25) is 0 Å². The van der Waals surface area contributed by atoms with Gasteiger partial charge in [0.2, 0.25) is 0 Å². The summed E-state index contributed by atoms with van der Waals surface area (Å²) in [5, 5.41) is 8.91. The van der Waals surface area contributed by atoms with E-state index < -0.39 is 7.12 Å². The molecule has 1 saturated heterocycles. The van der Waals surface area contributed by atoms with Crippen molar-refractivity contribution in [3.63, 3.8) is 0 Å². The number of nitrogens with zero attached hydrogens (tertiary/aromatic N) is 1. The Morgan fingerprint density at radius 1 is 1.07 bits per heavy atom. The van der Waals surface area contributed by atoms with E-state index in [1.54, 1.807) is 38.5 Å². The molecule has 1 unspecified atom stereocenters. The minimum atomic E-state index is -0.491. The minimum Gasteiger partial charge on any atom is -0.457 e. The van der Waals surface area contributed by atoms with Crippen molar-refractivity contribution in [1.82, 2.24) is 0 Å². The molecule has 0 amide bonds. The van der Waals surface area contributed by atoms with Crippen molar-refractivity contribution in [3.05, 3.63) is 53.6 Å². The third-order valence-corrected chi connectivity index (χ3v) is 4.58. The van der Waals surface area contributed by atoms with Crippen LogP contribution in [-0.2, 0) is 25.4 Å². The maximum Gasteiger partial charge on any atom is 0.493 e. The van der Waals surface area contributed by atoms with Gasteiger partial charge in [-0.15, -0.1) is 0 Å². The van der Waals surface area contributed by atoms with E-state index in [9.17, 15) is 0 Å². The largest absolute Gasteiger partial charge is 0.493 e. The van der Waals surface area contributed by atoms with E-state index >= 15 is 0 Å². The third-order valence-electron chi connectivity index (χ3n) is 4.58. The molecule has 0 saturated carbocycles. The zero-order valence-electron chi connectivity index (χ0n) is 16.2. The molecule has 1 fully saturated rings. The topological polar surface area (TPSA) is 69.9 Å². The average Bonchev–Trinajstić information content (AvgIpc) is 2.75. The van der Waals surface area contributed by atoms with E-state index in [0.717, 1.165) is 36.9 Å². The number of hydrogen-bond acceptors (Lipinski definition) is 6. The monoisotopic (exact) mass is 381 g/mol. The molecule has 0 spiro atoms. The molecule has 0 aliphatic carbocycles. The second-order valence-corrected chi connectivity index (χ2v) is 6.51. The van der Waals surface area contributed by atoms with Crippen LogP contribution in [0.3, 0.4) is 0 Å². The van der Waals surface area contributed by atoms with Gasteiger partial charge < -0.3 is 23.5 Å². The van der Waals surface area contributed by atoms with Gasteiger partial charge in [0.1, 0.15) is 11.5 Å². The third kappa shape index (κ3) is 5.34. The van der Waals surface area contributed by atoms with E-state index in [-0.39, 0.29) is 6.29 Å². The summed E-state index contributed by atoms with van der Waals surface area (Å²) in [6.07, 6.45) is 2.90. The van der Waals surface area contributed by atoms with Crippen LogP contribution in [0, 0.1) is 11.3 Å². The number of rotatable bonds is 8. The maximum absolute atomic E-state index is 8.91. The molecule has 1 heterocycles. The SMILES string of the molecule is COB(OC)c1ccc(Oc2ccc(C#N)cc2)cc1COC1CCCCO1. The van der Waals surface area contributed by atoms with Crippen LogP contribution >= 0.6 is 0 Å². The van der Waals surface area contributed by atoms with Gasteiger partial charge in [-0.1, -0.05) is 6.07 Å². The van der Waals surface area contributed by atoms with Gasteiger partial charge >= 0.3 is 7.12 Å². The highest BCUT2D eigenvalue weighted by Gasteiger charge is 2.23. The molecule has 0 bridgehead atoms. The average molecular weight is 381 g/mol. The predicted molar refractivity (Wildman–Crippen MR) is 105 cm³/mol. The Hall–Kier alpha value is -2.37. The van der Waals surface area contributed by atoms with E-state index in [2.05, 4.69) is 6.07 Å². The minimum absolute atomic E-state index is 0.187. The Morgan fingerprint density at radius 2 is 1.82 bits per heavy atom. The van der Waals surface area contributed by atoms with Crippen LogP contribution in [0.5, 0.6) is 11.5 Å². The summed E-state index contributed by atoms with van der Waals surface area (Å²) in [7, 11) is 2.71. The molecule has 3 rings (SSSR count). The molecule has 28 heavy (non-hydrogen) atoms. The van der Waals surface area contributed by atoms with Crippen LogP contribution in [0.1, 0.15) is 30.4 Å². The van der Waals surface area contributed by atoms with Gasteiger partial charge in [0.25, 0.3) is 0 Å². The summed E-state index contributed by atoms with van der Waals surface area (Å²) >= 11 is 0. The van der Waals surface area contributed by atoms with Crippen LogP contribution in [0.2, 0.25) is 0 Å². The highest BCUT2D eigenvalue weighted by atomic mass is 16.7. The van der Waals surface area contributed by atoms with Crippen LogP contribution in [-0.4, -0.2) is 34.2 Å². The highest BCUT2D eigenvalue weighted by Crippen LogP contribution is 2.23. The summed E-state index contributed by atoms with van der Waals surface area (Å²) in [6.45, 7) is 1.10. The molecular formula is C21H24BNO5. The molecular weight excluding hydrogens is 357 g/mol. The van der Waals surface area contributed by atoms with E-state index in [1.165, 1.54) is 0 Å².